The topological polar surface area (TPSA) is 15.3 Å². The van der Waals surface area contributed by atoms with Crippen LogP contribution in [-0.2, 0) is 0 Å². The van der Waals surface area contributed by atoms with Crippen molar-refractivity contribution in [1.82, 2.24) is 10.2 Å². The van der Waals surface area contributed by atoms with E-state index in [0.717, 1.165) is 19.4 Å². The zero-order chi connectivity index (χ0) is 14.5. The van der Waals surface area contributed by atoms with Crippen LogP contribution >= 0.6 is 11.3 Å². The van der Waals surface area contributed by atoms with E-state index in [-0.39, 0.29) is 5.54 Å². The first-order valence-electron chi connectivity index (χ1n) is 7.48. The van der Waals surface area contributed by atoms with Crippen LogP contribution in [0.3, 0.4) is 0 Å². The Kier molecular flexibility index (Phi) is 6.51. The van der Waals surface area contributed by atoms with Crippen LogP contribution in [0.4, 0.5) is 0 Å². The minimum Gasteiger partial charge on any atom is -0.308 e. The van der Waals surface area contributed by atoms with Gasteiger partial charge in [0.1, 0.15) is 0 Å². The Morgan fingerprint density at radius 3 is 2.26 bits per heavy atom. The summed E-state index contributed by atoms with van der Waals surface area (Å²) >= 11 is 1.86. The molecule has 0 aliphatic carbocycles. The maximum absolute atomic E-state index is 3.80. The normalized spacial score (nSPS) is 14.1. The van der Waals surface area contributed by atoms with Gasteiger partial charge in [-0.3, -0.25) is 0 Å². The fourth-order valence-electron chi connectivity index (χ4n) is 3.12. The third-order valence-electron chi connectivity index (χ3n) is 4.46. The zero-order valence-corrected chi connectivity index (χ0v) is 14.2. The van der Waals surface area contributed by atoms with Crippen LogP contribution in [0, 0.1) is 6.92 Å². The van der Waals surface area contributed by atoms with Crippen molar-refractivity contribution < 1.29 is 0 Å². The Balaban J connectivity index is 3.17. The first kappa shape index (κ1) is 16.7. The van der Waals surface area contributed by atoms with Gasteiger partial charge in [-0.25, -0.2) is 0 Å². The van der Waals surface area contributed by atoms with Crippen molar-refractivity contribution in [2.75, 3.05) is 20.6 Å². The van der Waals surface area contributed by atoms with Gasteiger partial charge in [-0.2, -0.15) is 0 Å². The Morgan fingerprint density at radius 2 is 1.89 bits per heavy atom. The first-order chi connectivity index (χ1) is 9.03. The fraction of sp³-hybridized carbons (Fsp3) is 0.750. The molecule has 2 nitrogen and oxygen atoms in total. The predicted molar refractivity (Wildman–Crippen MR) is 87.1 cm³/mol. The van der Waals surface area contributed by atoms with Gasteiger partial charge in [0.25, 0.3) is 0 Å². The average Bonchev–Trinajstić information content (AvgIpc) is 2.80. The number of hydrogen-bond acceptors (Lipinski definition) is 3. The average molecular weight is 282 g/mol. The lowest BCUT2D eigenvalue weighted by Crippen LogP contribution is -2.53. The van der Waals surface area contributed by atoms with Gasteiger partial charge in [-0.05, 0) is 63.8 Å². The molecule has 1 atom stereocenters. The molecule has 0 aromatic carbocycles. The molecular formula is C16H30N2S. The molecule has 0 saturated heterocycles. The van der Waals surface area contributed by atoms with Gasteiger partial charge in [0.2, 0.25) is 0 Å². The summed E-state index contributed by atoms with van der Waals surface area (Å²) < 4.78 is 0. The van der Waals surface area contributed by atoms with E-state index >= 15 is 0 Å². The van der Waals surface area contributed by atoms with E-state index < -0.39 is 0 Å². The molecule has 0 aliphatic heterocycles. The molecule has 3 heteroatoms. The second kappa shape index (κ2) is 7.41. The molecule has 0 fully saturated rings. The standard InChI is InChI=1S/C16H30N2S/c1-7-11-17-15(14-10-12-19-13(14)4)16(8-2,9-3)18(5)6/h10,12,15,17H,7-9,11H2,1-6H3. The molecule has 0 bridgehead atoms. The van der Waals surface area contributed by atoms with Gasteiger partial charge < -0.3 is 10.2 Å². The number of hydrogen-bond donors (Lipinski definition) is 1. The first-order valence-corrected chi connectivity index (χ1v) is 8.36. The summed E-state index contributed by atoms with van der Waals surface area (Å²) in [6.07, 6.45) is 3.50. The Labute approximate surface area is 123 Å². The summed E-state index contributed by atoms with van der Waals surface area (Å²) in [7, 11) is 4.44. The molecule has 0 spiro atoms. The monoisotopic (exact) mass is 282 g/mol. The third kappa shape index (κ3) is 3.39. The van der Waals surface area contributed by atoms with Crippen molar-refractivity contribution >= 4 is 11.3 Å². The molecule has 1 aromatic heterocycles. The number of likely N-dealkylation sites (N-methyl/N-ethyl adjacent to an activating group) is 1. The summed E-state index contributed by atoms with van der Waals surface area (Å²) in [5, 5.41) is 6.02. The maximum Gasteiger partial charge on any atom is 0.0517 e. The molecule has 1 N–H and O–H groups in total. The van der Waals surface area contributed by atoms with Gasteiger partial charge >= 0.3 is 0 Å². The number of thiophene rings is 1. The number of nitrogens with one attached hydrogen (secondary N) is 1. The Hall–Kier alpha value is -0.380. The molecule has 0 radical (unpaired) electrons. The lowest BCUT2D eigenvalue weighted by molar-refractivity contribution is 0.0880. The van der Waals surface area contributed by atoms with Crippen LogP contribution in [0.15, 0.2) is 11.4 Å². The summed E-state index contributed by atoms with van der Waals surface area (Å²) in [6.45, 7) is 10.2. The third-order valence-corrected chi connectivity index (χ3v) is 5.32. The molecule has 19 heavy (non-hydrogen) atoms. The Morgan fingerprint density at radius 1 is 1.26 bits per heavy atom. The van der Waals surface area contributed by atoms with Crippen molar-refractivity contribution in [3.8, 4) is 0 Å². The lowest BCUT2D eigenvalue weighted by atomic mass is 9.79. The molecular weight excluding hydrogens is 252 g/mol. The van der Waals surface area contributed by atoms with Gasteiger partial charge in [0.15, 0.2) is 0 Å². The molecule has 1 heterocycles. The van der Waals surface area contributed by atoms with Gasteiger partial charge in [-0.15, -0.1) is 11.3 Å². The maximum atomic E-state index is 3.80. The van der Waals surface area contributed by atoms with Crippen molar-refractivity contribution in [1.29, 1.82) is 0 Å². The van der Waals surface area contributed by atoms with Crippen LogP contribution in [0.1, 0.15) is 56.5 Å². The van der Waals surface area contributed by atoms with E-state index in [4.69, 9.17) is 0 Å². The van der Waals surface area contributed by atoms with Gasteiger partial charge in [0.05, 0.1) is 6.04 Å². The molecule has 110 valence electrons. The number of nitrogens with zero attached hydrogens (tertiary/aromatic N) is 1. The van der Waals surface area contributed by atoms with Crippen molar-refractivity contribution in [3.05, 3.63) is 21.9 Å². The predicted octanol–water partition coefficient (Wildman–Crippen LogP) is 4.22. The molecule has 1 rings (SSSR count). The van der Waals surface area contributed by atoms with E-state index in [2.05, 4.69) is 63.5 Å². The van der Waals surface area contributed by atoms with Crippen LogP contribution < -0.4 is 5.32 Å². The molecule has 0 aliphatic rings. The van der Waals surface area contributed by atoms with E-state index in [9.17, 15) is 0 Å². The van der Waals surface area contributed by atoms with E-state index in [1.807, 2.05) is 11.3 Å². The van der Waals surface area contributed by atoms with Crippen LogP contribution in [-0.4, -0.2) is 31.1 Å². The van der Waals surface area contributed by atoms with Crippen molar-refractivity contribution in [2.24, 2.45) is 0 Å². The number of aryl methyl sites for hydroxylation is 1. The highest BCUT2D eigenvalue weighted by Gasteiger charge is 2.39. The Bertz CT molecular complexity index is 367. The lowest BCUT2D eigenvalue weighted by Gasteiger charge is -2.46. The highest BCUT2D eigenvalue weighted by molar-refractivity contribution is 7.10. The van der Waals surface area contributed by atoms with Gasteiger partial charge in [-0.1, -0.05) is 20.8 Å². The smallest absolute Gasteiger partial charge is 0.0517 e. The molecule has 1 aromatic rings. The largest absolute Gasteiger partial charge is 0.308 e. The summed E-state index contributed by atoms with van der Waals surface area (Å²) in [5.74, 6) is 0. The van der Waals surface area contributed by atoms with E-state index in [1.165, 1.54) is 16.9 Å². The second-order valence-corrected chi connectivity index (χ2v) is 6.64. The zero-order valence-electron chi connectivity index (χ0n) is 13.4. The highest BCUT2D eigenvalue weighted by Crippen LogP contribution is 2.38. The molecule has 0 amide bonds. The van der Waals surface area contributed by atoms with Crippen molar-refractivity contribution in [3.63, 3.8) is 0 Å². The second-order valence-electron chi connectivity index (χ2n) is 5.52. The van der Waals surface area contributed by atoms with Crippen molar-refractivity contribution in [2.45, 2.75) is 58.5 Å². The summed E-state index contributed by atoms with van der Waals surface area (Å²) in [6, 6.07) is 2.72. The summed E-state index contributed by atoms with van der Waals surface area (Å²) in [4.78, 5) is 3.86. The highest BCUT2D eigenvalue weighted by atomic mass is 32.1. The van der Waals surface area contributed by atoms with Crippen LogP contribution in [0.2, 0.25) is 0 Å². The fourth-order valence-corrected chi connectivity index (χ4v) is 3.86. The SMILES string of the molecule is CCCNC(c1ccsc1C)C(CC)(CC)N(C)C. The minimum absolute atomic E-state index is 0.195. The van der Waals surface area contributed by atoms with E-state index in [0.29, 0.717) is 6.04 Å². The summed E-state index contributed by atoms with van der Waals surface area (Å²) in [5.41, 5.74) is 1.68. The quantitative estimate of drug-likeness (QED) is 0.768. The number of rotatable bonds is 8. The molecule has 1 unspecified atom stereocenters. The van der Waals surface area contributed by atoms with Crippen LogP contribution in [0.25, 0.3) is 0 Å². The van der Waals surface area contributed by atoms with E-state index in [1.54, 1.807) is 0 Å². The van der Waals surface area contributed by atoms with Crippen LogP contribution in [0.5, 0.6) is 0 Å². The van der Waals surface area contributed by atoms with Gasteiger partial charge in [0, 0.05) is 10.4 Å². The molecule has 0 saturated carbocycles. The minimum atomic E-state index is 0.195.